The molecule has 2 aromatic rings. The highest BCUT2D eigenvalue weighted by Gasteiger charge is 2.42. The van der Waals surface area contributed by atoms with Gasteiger partial charge in [0.05, 0.1) is 6.42 Å². The molecule has 2 aromatic carbocycles. The number of amides is 3. The van der Waals surface area contributed by atoms with Crippen LogP contribution in [0, 0.1) is 3.57 Å². The molecule has 0 saturated carbocycles. The van der Waals surface area contributed by atoms with Crippen LogP contribution in [0.25, 0.3) is 0 Å². The number of hydrazine groups is 1. The fraction of sp³-hybridized carbons (Fsp3) is 0.158. The predicted octanol–water partition coefficient (Wildman–Crippen LogP) is 2.39. The fourth-order valence-corrected chi connectivity index (χ4v) is 3.33. The number of carbonyl (C=O) groups excluding carboxylic acids is 3. The lowest BCUT2D eigenvalue weighted by atomic mass is 10.2. The van der Waals surface area contributed by atoms with E-state index in [9.17, 15) is 14.4 Å². The van der Waals surface area contributed by atoms with E-state index in [-0.39, 0.29) is 23.3 Å². The quantitative estimate of drug-likeness (QED) is 0.479. The van der Waals surface area contributed by atoms with E-state index in [2.05, 4.69) is 33.3 Å². The lowest BCUT2D eigenvalue weighted by Crippen LogP contribution is -2.49. The number of nitrogens with one attached hydrogen (secondary N) is 2. The molecular formula is C19H17IN4O3S. The molecule has 1 heterocycles. The van der Waals surface area contributed by atoms with Crippen LogP contribution >= 0.6 is 34.8 Å². The monoisotopic (exact) mass is 508 g/mol. The largest absolute Gasteiger partial charge is 0.326 e. The van der Waals surface area contributed by atoms with Gasteiger partial charge in [0.1, 0.15) is 6.04 Å². The number of anilines is 1. The molecule has 0 aromatic heterocycles. The zero-order valence-corrected chi connectivity index (χ0v) is 17.9. The number of hydrogen-bond acceptors (Lipinski definition) is 4. The Hall–Kier alpha value is -2.53. The van der Waals surface area contributed by atoms with Gasteiger partial charge in [-0.25, -0.2) is 5.01 Å². The lowest BCUT2D eigenvalue weighted by molar-refractivity contribution is -0.130. The molecule has 3 rings (SSSR count). The van der Waals surface area contributed by atoms with E-state index in [1.54, 1.807) is 42.5 Å². The summed E-state index contributed by atoms with van der Waals surface area (Å²) in [4.78, 5) is 38.7. The number of carbonyl (C=O) groups is 3. The Morgan fingerprint density at radius 2 is 1.75 bits per heavy atom. The van der Waals surface area contributed by atoms with Gasteiger partial charge in [-0.05, 0) is 71.2 Å². The van der Waals surface area contributed by atoms with Crippen molar-refractivity contribution in [1.29, 1.82) is 0 Å². The maximum Gasteiger partial charge on any atom is 0.269 e. The number of halogens is 1. The summed E-state index contributed by atoms with van der Waals surface area (Å²) < 4.78 is 1.04. The summed E-state index contributed by atoms with van der Waals surface area (Å²) in [6.45, 7) is 0. The third-order valence-electron chi connectivity index (χ3n) is 4.19. The van der Waals surface area contributed by atoms with Crippen molar-refractivity contribution in [3.05, 3.63) is 63.7 Å². The zero-order chi connectivity index (χ0) is 20.3. The highest BCUT2D eigenvalue weighted by atomic mass is 127. The van der Waals surface area contributed by atoms with Crippen molar-refractivity contribution < 1.29 is 14.4 Å². The summed E-state index contributed by atoms with van der Waals surface area (Å²) in [6.07, 6.45) is -0.148. The van der Waals surface area contributed by atoms with Gasteiger partial charge < -0.3 is 5.32 Å². The smallest absolute Gasteiger partial charge is 0.269 e. The Labute approximate surface area is 181 Å². The molecule has 1 unspecified atom stereocenters. The number of hydrogen-bond donors (Lipinski definition) is 2. The van der Waals surface area contributed by atoms with Gasteiger partial charge in [-0.1, -0.05) is 18.2 Å². The third-order valence-corrected chi connectivity index (χ3v) is 5.37. The van der Waals surface area contributed by atoms with Gasteiger partial charge in [-0.2, -0.15) is 0 Å². The van der Waals surface area contributed by atoms with Gasteiger partial charge in [0, 0.05) is 21.9 Å². The van der Waals surface area contributed by atoms with Crippen LogP contribution in [0.1, 0.15) is 16.8 Å². The number of rotatable bonds is 5. The van der Waals surface area contributed by atoms with Crippen molar-refractivity contribution in [2.75, 3.05) is 12.4 Å². The molecule has 1 saturated heterocycles. The Bertz CT molecular complexity index is 921. The maximum absolute atomic E-state index is 12.5. The molecule has 0 bridgehead atoms. The van der Waals surface area contributed by atoms with Crippen LogP contribution in [0.4, 0.5) is 5.69 Å². The molecular weight excluding hydrogens is 491 g/mol. The SMILES string of the molecule is CN1C(=O)C(CC(=O)Nc2ccc(I)cc2)N(NC(=O)c2ccccc2)C1=S. The Morgan fingerprint density at radius 3 is 2.39 bits per heavy atom. The van der Waals surface area contributed by atoms with Crippen LogP contribution in [-0.2, 0) is 9.59 Å². The fourth-order valence-electron chi connectivity index (χ4n) is 2.71. The van der Waals surface area contributed by atoms with Crippen LogP contribution in [0.15, 0.2) is 54.6 Å². The van der Waals surface area contributed by atoms with Crippen LogP contribution in [0.2, 0.25) is 0 Å². The summed E-state index contributed by atoms with van der Waals surface area (Å²) in [5, 5.41) is 4.17. The van der Waals surface area contributed by atoms with Crippen LogP contribution in [-0.4, -0.2) is 45.8 Å². The van der Waals surface area contributed by atoms with E-state index in [1.165, 1.54) is 17.0 Å². The Kier molecular flexibility index (Phi) is 6.25. The predicted molar refractivity (Wildman–Crippen MR) is 117 cm³/mol. The van der Waals surface area contributed by atoms with E-state index in [1.807, 2.05) is 12.1 Å². The molecule has 144 valence electrons. The van der Waals surface area contributed by atoms with Gasteiger partial charge in [0.25, 0.3) is 11.8 Å². The molecule has 1 aliphatic rings. The van der Waals surface area contributed by atoms with Crippen LogP contribution in [0.5, 0.6) is 0 Å². The van der Waals surface area contributed by atoms with Crippen molar-refractivity contribution in [1.82, 2.24) is 15.3 Å². The van der Waals surface area contributed by atoms with Crippen LogP contribution in [0.3, 0.4) is 0 Å². The first kappa shape index (κ1) is 20.2. The normalized spacial score (nSPS) is 16.3. The van der Waals surface area contributed by atoms with E-state index in [0.717, 1.165) is 3.57 Å². The molecule has 28 heavy (non-hydrogen) atoms. The number of nitrogens with zero attached hydrogens (tertiary/aromatic N) is 2. The summed E-state index contributed by atoms with van der Waals surface area (Å²) in [5.41, 5.74) is 3.70. The zero-order valence-electron chi connectivity index (χ0n) is 14.9. The van der Waals surface area contributed by atoms with Crippen molar-refractivity contribution in [3.63, 3.8) is 0 Å². The molecule has 0 spiro atoms. The molecule has 7 nitrogen and oxygen atoms in total. The average molecular weight is 508 g/mol. The van der Waals surface area contributed by atoms with Crippen LogP contribution < -0.4 is 10.7 Å². The van der Waals surface area contributed by atoms with Crippen molar-refractivity contribution in [2.24, 2.45) is 0 Å². The van der Waals surface area contributed by atoms with Gasteiger partial charge >= 0.3 is 0 Å². The summed E-state index contributed by atoms with van der Waals surface area (Å²) in [6, 6.07) is 15.0. The molecule has 1 fully saturated rings. The molecule has 2 N–H and O–H groups in total. The Balaban J connectivity index is 1.72. The van der Waals surface area contributed by atoms with E-state index < -0.39 is 11.9 Å². The summed E-state index contributed by atoms with van der Waals surface area (Å²) >= 11 is 7.44. The molecule has 3 amide bonds. The van der Waals surface area contributed by atoms with Crippen molar-refractivity contribution in [2.45, 2.75) is 12.5 Å². The first-order valence-electron chi connectivity index (χ1n) is 8.39. The van der Waals surface area contributed by atoms with Crippen molar-refractivity contribution >= 4 is 63.3 Å². The molecule has 9 heteroatoms. The van der Waals surface area contributed by atoms with E-state index in [0.29, 0.717) is 11.3 Å². The van der Waals surface area contributed by atoms with Gasteiger partial charge in [-0.15, -0.1) is 0 Å². The minimum Gasteiger partial charge on any atom is -0.326 e. The second kappa shape index (κ2) is 8.65. The van der Waals surface area contributed by atoms with Gasteiger partial charge in [0.15, 0.2) is 5.11 Å². The third kappa shape index (κ3) is 4.47. The first-order valence-corrected chi connectivity index (χ1v) is 9.87. The minimum absolute atomic E-state index is 0.140. The van der Waals surface area contributed by atoms with E-state index in [4.69, 9.17) is 12.2 Å². The highest BCUT2D eigenvalue weighted by Crippen LogP contribution is 2.19. The lowest BCUT2D eigenvalue weighted by Gasteiger charge is -2.24. The number of benzene rings is 2. The van der Waals surface area contributed by atoms with Crippen molar-refractivity contribution in [3.8, 4) is 0 Å². The number of likely N-dealkylation sites (N-methyl/N-ethyl adjacent to an activating group) is 1. The topological polar surface area (TPSA) is 81.8 Å². The Morgan fingerprint density at radius 1 is 1.11 bits per heavy atom. The highest BCUT2D eigenvalue weighted by molar-refractivity contribution is 14.1. The standard InChI is InChI=1S/C19H17IN4O3S/c1-23-18(27)15(11-16(25)21-14-9-7-13(20)8-10-14)24(19(23)28)22-17(26)12-5-3-2-4-6-12/h2-10,15H,11H2,1H3,(H,21,25)(H,22,26). The first-order chi connectivity index (χ1) is 13.4. The second-order valence-corrected chi connectivity index (χ2v) is 7.74. The molecule has 1 atom stereocenters. The van der Waals surface area contributed by atoms with E-state index >= 15 is 0 Å². The molecule has 0 radical (unpaired) electrons. The average Bonchev–Trinajstić information content (AvgIpc) is 2.88. The minimum atomic E-state index is -0.908. The van der Waals surface area contributed by atoms with Gasteiger partial charge in [0.2, 0.25) is 5.91 Å². The van der Waals surface area contributed by atoms with Gasteiger partial charge in [-0.3, -0.25) is 24.7 Å². The molecule has 0 aliphatic carbocycles. The summed E-state index contributed by atoms with van der Waals surface area (Å²) in [7, 11) is 1.52. The second-order valence-electron chi connectivity index (χ2n) is 6.13. The maximum atomic E-state index is 12.5. The molecule has 1 aliphatic heterocycles. The summed E-state index contributed by atoms with van der Waals surface area (Å²) in [5.74, 6) is -1.11. The number of thiocarbonyl (C=S) groups is 1.